The van der Waals surface area contributed by atoms with Crippen LogP contribution in [-0.4, -0.2) is 18.3 Å². The molecule has 0 aromatic carbocycles. The number of hydrogen-bond donors (Lipinski definition) is 2. The average molecular weight is 249 g/mol. The van der Waals surface area contributed by atoms with Gasteiger partial charge in [-0.3, -0.25) is 0 Å². The summed E-state index contributed by atoms with van der Waals surface area (Å²) >= 11 is 0. The molecule has 1 fully saturated rings. The van der Waals surface area contributed by atoms with Gasteiger partial charge < -0.3 is 5.32 Å². The van der Waals surface area contributed by atoms with Gasteiger partial charge in [0, 0.05) is 12.3 Å². The van der Waals surface area contributed by atoms with Crippen molar-refractivity contribution in [2.45, 2.75) is 57.4 Å². The number of amides is 2. The number of carbonyl (C=O) groups excluding carboxylic acids is 1. The highest BCUT2D eigenvalue weighted by Crippen LogP contribution is 2.17. The van der Waals surface area contributed by atoms with Gasteiger partial charge in [-0.25, -0.2) is 10.2 Å². The standard InChI is InChI=1S/C14H23N3O/c18-14(16-13-9-5-2-6-10-13)17-15-11-12-7-3-1-4-8-12/h1,3,11-13H,2,4-10H2,(H2,16,17,18)/b15-11-/t12-/m1/s1. The number of rotatable bonds is 3. The van der Waals surface area contributed by atoms with Gasteiger partial charge in [0.05, 0.1) is 0 Å². The van der Waals surface area contributed by atoms with Crippen molar-refractivity contribution in [3.8, 4) is 0 Å². The Morgan fingerprint density at radius 1 is 1.17 bits per heavy atom. The molecule has 100 valence electrons. The van der Waals surface area contributed by atoms with Crippen molar-refractivity contribution in [3.05, 3.63) is 12.2 Å². The number of carbonyl (C=O) groups is 1. The number of hydrazone groups is 1. The van der Waals surface area contributed by atoms with Crippen LogP contribution in [0.15, 0.2) is 17.3 Å². The van der Waals surface area contributed by atoms with E-state index in [0.717, 1.165) is 32.1 Å². The Morgan fingerprint density at radius 2 is 2.00 bits per heavy atom. The van der Waals surface area contributed by atoms with Gasteiger partial charge in [0.1, 0.15) is 0 Å². The molecule has 4 heteroatoms. The maximum atomic E-state index is 11.6. The maximum Gasteiger partial charge on any atom is 0.335 e. The fourth-order valence-electron chi connectivity index (χ4n) is 2.62. The molecule has 4 nitrogen and oxygen atoms in total. The summed E-state index contributed by atoms with van der Waals surface area (Å²) in [5.74, 6) is 0.477. The van der Waals surface area contributed by atoms with Crippen molar-refractivity contribution in [1.82, 2.24) is 10.7 Å². The lowest BCUT2D eigenvalue weighted by atomic mass is 9.96. The minimum atomic E-state index is -0.162. The molecule has 0 radical (unpaired) electrons. The van der Waals surface area contributed by atoms with Gasteiger partial charge in [0.15, 0.2) is 0 Å². The lowest BCUT2D eigenvalue weighted by Crippen LogP contribution is -2.41. The van der Waals surface area contributed by atoms with Crippen molar-refractivity contribution in [3.63, 3.8) is 0 Å². The summed E-state index contributed by atoms with van der Waals surface area (Å²) in [7, 11) is 0. The summed E-state index contributed by atoms with van der Waals surface area (Å²) < 4.78 is 0. The number of allylic oxidation sites excluding steroid dienone is 2. The fourth-order valence-corrected chi connectivity index (χ4v) is 2.62. The highest BCUT2D eigenvalue weighted by atomic mass is 16.2. The van der Waals surface area contributed by atoms with Gasteiger partial charge in [-0.1, -0.05) is 31.4 Å². The van der Waals surface area contributed by atoms with Crippen molar-refractivity contribution >= 4 is 12.2 Å². The Bertz CT molecular complexity index is 319. The Morgan fingerprint density at radius 3 is 2.72 bits per heavy atom. The van der Waals surface area contributed by atoms with Crippen LogP contribution in [-0.2, 0) is 0 Å². The van der Waals surface area contributed by atoms with Crippen LogP contribution in [0.25, 0.3) is 0 Å². The third-order valence-electron chi connectivity index (χ3n) is 3.70. The molecule has 2 amide bonds. The molecule has 0 heterocycles. The van der Waals surface area contributed by atoms with Crippen LogP contribution in [0.4, 0.5) is 4.79 Å². The lowest BCUT2D eigenvalue weighted by molar-refractivity contribution is 0.233. The maximum absolute atomic E-state index is 11.6. The summed E-state index contributed by atoms with van der Waals surface area (Å²) in [6.07, 6.45) is 15.5. The first kappa shape index (κ1) is 13.1. The molecular formula is C14H23N3O. The summed E-state index contributed by atoms with van der Waals surface area (Å²) in [5, 5.41) is 7.02. The fraction of sp³-hybridized carbons (Fsp3) is 0.714. The van der Waals surface area contributed by atoms with Crippen LogP contribution in [0.1, 0.15) is 51.4 Å². The summed E-state index contributed by atoms with van der Waals surface area (Å²) in [6, 6.07) is 0.177. The minimum absolute atomic E-state index is 0.162. The van der Waals surface area contributed by atoms with Gasteiger partial charge in [-0.05, 0) is 38.0 Å². The van der Waals surface area contributed by atoms with E-state index in [4.69, 9.17) is 0 Å². The van der Waals surface area contributed by atoms with Crippen LogP contribution in [0, 0.1) is 5.92 Å². The van der Waals surface area contributed by atoms with Gasteiger partial charge in [-0.2, -0.15) is 5.10 Å². The molecule has 0 saturated heterocycles. The highest BCUT2D eigenvalue weighted by molar-refractivity contribution is 5.75. The molecule has 0 aliphatic heterocycles. The van der Waals surface area contributed by atoms with E-state index >= 15 is 0 Å². The van der Waals surface area contributed by atoms with Crippen molar-refractivity contribution in [2.24, 2.45) is 11.0 Å². The number of nitrogens with one attached hydrogen (secondary N) is 2. The van der Waals surface area contributed by atoms with E-state index in [1.54, 1.807) is 0 Å². The van der Waals surface area contributed by atoms with E-state index in [-0.39, 0.29) is 6.03 Å². The molecule has 1 saturated carbocycles. The molecule has 1 atom stereocenters. The van der Waals surface area contributed by atoms with E-state index in [2.05, 4.69) is 28.0 Å². The molecule has 2 N–H and O–H groups in total. The van der Waals surface area contributed by atoms with E-state index in [1.807, 2.05) is 6.21 Å². The lowest BCUT2D eigenvalue weighted by Gasteiger charge is -2.22. The molecule has 2 aliphatic rings. The first-order valence-electron chi connectivity index (χ1n) is 7.09. The molecule has 18 heavy (non-hydrogen) atoms. The predicted octanol–water partition coefficient (Wildman–Crippen LogP) is 2.96. The normalized spacial score (nSPS) is 25.2. The molecule has 0 bridgehead atoms. The van der Waals surface area contributed by atoms with Gasteiger partial charge in [0.25, 0.3) is 0 Å². The zero-order chi connectivity index (χ0) is 12.6. The van der Waals surface area contributed by atoms with E-state index in [1.165, 1.54) is 19.3 Å². The second-order valence-corrected chi connectivity index (χ2v) is 5.24. The highest BCUT2D eigenvalue weighted by Gasteiger charge is 2.15. The smallest absolute Gasteiger partial charge is 0.334 e. The molecule has 2 aliphatic carbocycles. The van der Waals surface area contributed by atoms with Crippen molar-refractivity contribution in [2.75, 3.05) is 0 Å². The SMILES string of the molecule is O=C(N/N=C\[C@@H]1CC=CCC1)NC1CCCCC1. The topological polar surface area (TPSA) is 53.5 Å². The molecule has 2 rings (SSSR count). The molecule has 0 aromatic heterocycles. The van der Waals surface area contributed by atoms with E-state index in [9.17, 15) is 4.79 Å². The third kappa shape index (κ3) is 4.51. The number of nitrogens with zero attached hydrogens (tertiary/aromatic N) is 1. The Kier molecular flexibility index (Phi) is 5.24. The van der Waals surface area contributed by atoms with Crippen LogP contribution < -0.4 is 10.7 Å². The number of hydrogen-bond acceptors (Lipinski definition) is 2. The van der Waals surface area contributed by atoms with Crippen LogP contribution in [0.2, 0.25) is 0 Å². The van der Waals surface area contributed by atoms with Crippen molar-refractivity contribution < 1.29 is 4.79 Å². The molecule has 0 unspecified atom stereocenters. The second kappa shape index (κ2) is 7.19. The van der Waals surface area contributed by atoms with Gasteiger partial charge >= 0.3 is 6.03 Å². The summed E-state index contributed by atoms with van der Waals surface area (Å²) in [6.45, 7) is 0. The largest absolute Gasteiger partial charge is 0.335 e. The molecule has 0 aromatic rings. The third-order valence-corrected chi connectivity index (χ3v) is 3.70. The zero-order valence-electron chi connectivity index (χ0n) is 10.9. The minimum Gasteiger partial charge on any atom is -0.334 e. The molecule has 0 spiro atoms. The Labute approximate surface area is 109 Å². The van der Waals surface area contributed by atoms with Gasteiger partial charge in [-0.15, -0.1) is 0 Å². The molecular weight excluding hydrogens is 226 g/mol. The quantitative estimate of drug-likeness (QED) is 0.451. The summed E-state index contributed by atoms with van der Waals surface area (Å²) in [5.41, 5.74) is 2.57. The van der Waals surface area contributed by atoms with E-state index in [0.29, 0.717) is 12.0 Å². The van der Waals surface area contributed by atoms with Crippen LogP contribution >= 0.6 is 0 Å². The Balaban J connectivity index is 1.64. The van der Waals surface area contributed by atoms with Crippen LogP contribution in [0.5, 0.6) is 0 Å². The average Bonchev–Trinajstić information content (AvgIpc) is 2.41. The van der Waals surface area contributed by atoms with Crippen LogP contribution in [0.3, 0.4) is 0 Å². The first-order valence-corrected chi connectivity index (χ1v) is 7.09. The summed E-state index contributed by atoms with van der Waals surface area (Å²) in [4.78, 5) is 11.6. The van der Waals surface area contributed by atoms with Crippen molar-refractivity contribution in [1.29, 1.82) is 0 Å². The van der Waals surface area contributed by atoms with Gasteiger partial charge in [0.2, 0.25) is 0 Å². The first-order chi connectivity index (χ1) is 8.84. The second-order valence-electron chi connectivity index (χ2n) is 5.24. The monoisotopic (exact) mass is 249 g/mol. The number of urea groups is 1. The van der Waals surface area contributed by atoms with E-state index < -0.39 is 0 Å². The predicted molar refractivity (Wildman–Crippen MR) is 73.5 cm³/mol. The Hall–Kier alpha value is -1.32. The zero-order valence-corrected chi connectivity index (χ0v) is 10.9.